The predicted octanol–water partition coefficient (Wildman–Crippen LogP) is 0.0169. The number of aliphatic carboxylic acids is 1. The van der Waals surface area contributed by atoms with E-state index in [1.807, 2.05) is 0 Å². The first-order valence-electron chi connectivity index (χ1n) is 4.62. The Morgan fingerprint density at radius 1 is 1.62 bits per heavy atom. The number of nitrogens with one attached hydrogen (secondary N) is 1. The Balaban J connectivity index is 2.34. The summed E-state index contributed by atoms with van der Waals surface area (Å²) in [5, 5.41) is 20.6. The second kappa shape index (κ2) is 5.57. The molecule has 0 spiro atoms. The molecule has 0 aliphatic heterocycles. The van der Waals surface area contributed by atoms with Gasteiger partial charge in [-0.05, 0) is 6.92 Å². The minimum Gasteiger partial charge on any atom is -0.479 e. The number of carbonyl (C=O) groups is 2. The van der Waals surface area contributed by atoms with Gasteiger partial charge in [0, 0.05) is 13.0 Å². The van der Waals surface area contributed by atoms with Crippen molar-refractivity contribution in [2.45, 2.75) is 19.4 Å². The number of rotatable bonds is 5. The molecule has 0 aliphatic carbocycles. The fourth-order valence-electron chi connectivity index (χ4n) is 0.999. The maximum atomic E-state index is 11.4. The SMILES string of the molecule is Cc1ncc(C(=O)NCCC(O)C(=O)O)s1. The lowest BCUT2D eigenvalue weighted by Crippen LogP contribution is -2.29. The molecule has 1 aromatic rings. The van der Waals surface area contributed by atoms with Crippen molar-refractivity contribution in [1.29, 1.82) is 0 Å². The first-order valence-corrected chi connectivity index (χ1v) is 5.44. The number of carboxylic acids is 1. The van der Waals surface area contributed by atoms with Gasteiger partial charge >= 0.3 is 5.97 Å². The lowest BCUT2D eigenvalue weighted by Gasteiger charge is -2.05. The quantitative estimate of drug-likeness (QED) is 0.678. The van der Waals surface area contributed by atoms with E-state index < -0.39 is 12.1 Å². The van der Waals surface area contributed by atoms with Crippen LogP contribution in [0.1, 0.15) is 21.1 Å². The van der Waals surface area contributed by atoms with Crippen LogP contribution in [0.2, 0.25) is 0 Å². The van der Waals surface area contributed by atoms with Gasteiger partial charge in [0.1, 0.15) is 4.88 Å². The summed E-state index contributed by atoms with van der Waals surface area (Å²) in [6.45, 7) is 1.90. The van der Waals surface area contributed by atoms with Crippen molar-refractivity contribution in [2.75, 3.05) is 6.54 Å². The van der Waals surface area contributed by atoms with Crippen LogP contribution in [0.25, 0.3) is 0 Å². The average Bonchev–Trinajstić information content (AvgIpc) is 2.64. The van der Waals surface area contributed by atoms with Crippen molar-refractivity contribution in [1.82, 2.24) is 10.3 Å². The van der Waals surface area contributed by atoms with Crippen LogP contribution < -0.4 is 5.32 Å². The highest BCUT2D eigenvalue weighted by Crippen LogP contribution is 2.10. The predicted molar refractivity (Wildman–Crippen MR) is 57.4 cm³/mol. The van der Waals surface area contributed by atoms with Gasteiger partial charge in [0.05, 0.1) is 11.2 Å². The molecule has 0 bridgehead atoms. The zero-order chi connectivity index (χ0) is 12.1. The number of aliphatic hydroxyl groups excluding tert-OH is 1. The molecule has 1 unspecified atom stereocenters. The number of nitrogens with zero attached hydrogens (tertiary/aromatic N) is 1. The number of carbonyl (C=O) groups excluding carboxylic acids is 1. The van der Waals surface area contributed by atoms with Gasteiger partial charge in [-0.15, -0.1) is 11.3 Å². The number of thiazole rings is 1. The molecule has 6 nitrogen and oxygen atoms in total. The van der Waals surface area contributed by atoms with Gasteiger partial charge in [-0.25, -0.2) is 9.78 Å². The largest absolute Gasteiger partial charge is 0.479 e. The van der Waals surface area contributed by atoms with Gasteiger partial charge in [-0.3, -0.25) is 4.79 Å². The Labute approximate surface area is 95.9 Å². The van der Waals surface area contributed by atoms with E-state index in [9.17, 15) is 9.59 Å². The Kier molecular flexibility index (Phi) is 4.39. The third kappa shape index (κ3) is 3.59. The number of aliphatic hydroxyl groups is 1. The molecule has 0 saturated heterocycles. The average molecular weight is 244 g/mol. The Morgan fingerprint density at radius 3 is 2.81 bits per heavy atom. The second-order valence-corrected chi connectivity index (χ2v) is 4.38. The molecule has 1 aromatic heterocycles. The molecule has 0 aliphatic rings. The number of carboxylic acid groups (broad SMARTS) is 1. The number of hydrogen-bond acceptors (Lipinski definition) is 5. The molecule has 0 fully saturated rings. The van der Waals surface area contributed by atoms with Crippen molar-refractivity contribution in [3.05, 3.63) is 16.1 Å². The van der Waals surface area contributed by atoms with Crippen LogP contribution in [0.5, 0.6) is 0 Å². The number of aryl methyl sites for hydroxylation is 1. The molecule has 1 atom stereocenters. The lowest BCUT2D eigenvalue weighted by molar-refractivity contribution is -0.146. The van der Waals surface area contributed by atoms with E-state index in [1.54, 1.807) is 6.92 Å². The number of amides is 1. The van der Waals surface area contributed by atoms with Gasteiger partial charge in [0.15, 0.2) is 6.10 Å². The molecule has 16 heavy (non-hydrogen) atoms. The first kappa shape index (κ1) is 12.6. The Hall–Kier alpha value is -1.47. The van der Waals surface area contributed by atoms with E-state index in [-0.39, 0.29) is 18.9 Å². The smallest absolute Gasteiger partial charge is 0.332 e. The molecule has 1 amide bonds. The van der Waals surface area contributed by atoms with Gasteiger partial charge in [-0.1, -0.05) is 0 Å². The van der Waals surface area contributed by atoms with E-state index in [0.29, 0.717) is 4.88 Å². The zero-order valence-corrected chi connectivity index (χ0v) is 9.45. The summed E-state index contributed by atoms with van der Waals surface area (Å²) in [5.41, 5.74) is 0. The maximum absolute atomic E-state index is 11.4. The van der Waals surface area contributed by atoms with Crippen molar-refractivity contribution in [3.8, 4) is 0 Å². The van der Waals surface area contributed by atoms with Crippen molar-refractivity contribution >= 4 is 23.2 Å². The molecule has 1 heterocycles. The van der Waals surface area contributed by atoms with Crippen molar-refractivity contribution < 1.29 is 19.8 Å². The highest BCUT2D eigenvalue weighted by atomic mass is 32.1. The monoisotopic (exact) mass is 244 g/mol. The molecule has 1 rings (SSSR count). The highest BCUT2D eigenvalue weighted by molar-refractivity contribution is 7.13. The van der Waals surface area contributed by atoms with Crippen LogP contribution >= 0.6 is 11.3 Å². The highest BCUT2D eigenvalue weighted by Gasteiger charge is 2.14. The van der Waals surface area contributed by atoms with E-state index in [4.69, 9.17) is 10.2 Å². The standard InChI is InChI=1S/C9H12N2O4S/c1-5-11-4-7(16-5)8(13)10-3-2-6(12)9(14)15/h4,6,12H,2-3H2,1H3,(H,10,13)(H,14,15). The van der Waals surface area contributed by atoms with Gasteiger partial charge in [-0.2, -0.15) is 0 Å². The molecule has 0 saturated carbocycles. The van der Waals surface area contributed by atoms with Gasteiger partial charge < -0.3 is 15.5 Å². The van der Waals surface area contributed by atoms with Crippen molar-refractivity contribution in [2.24, 2.45) is 0 Å². The minimum absolute atomic E-state index is 0.0150. The molecule has 0 radical (unpaired) electrons. The summed E-state index contributed by atoms with van der Waals surface area (Å²) in [5.74, 6) is -1.59. The van der Waals surface area contributed by atoms with Crippen LogP contribution in [-0.4, -0.2) is 39.7 Å². The Bertz CT molecular complexity index is 391. The van der Waals surface area contributed by atoms with Crippen LogP contribution in [0.4, 0.5) is 0 Å². The number of hydrogen-bond donors (Lipinski definition) is 3. The van der Waals surface area contributed by atoms with Crippen LogP contribution in [0, 0.1) is 6.92 Å². The molecule has 0 aromatic carbocycles. The van der Waals surface area contributed by atoms with E-state index in [2.05, 4.69) is 10.3 Å². The first-order chi connectivity index (χ1) is 7.50. The summed E-state index contributed by atoms with van der Waals surface area (Å²) in [6.07, 6.45) is 0.00504. The minimum atomic E-state index is -1.44. The van der Waals surface area contributed by atoms with E-state index in [1.165, 1.54) is 17.5 Å². The molecule has 88 valence electrons. The summed E-state index contributed by atoms with van der Waals surface area (Å²) in [7, 11) is 0. The third-order valence-corrected chi connectivity index (χ3v) is 2.74. The summed E-state index contributed by atoms with van der Waals surface area (Å²) >= 11 is 1.26. The molecule has 3 N–H and O–H groups in total. The van der Waals surface area contributed by atoms with E-state index >= 15 is 0 Å². The summed E-state index contributed by atoms with van der Waals surface area (Å²) < 4.78 is 0. The zero-order valence-electron chi connectivity index (χ0n) is 8.64. The molecule has 7 heteroatoms. The number of aromatic nitrogens is 1. The van der Waals surface area contributed by atoms with E-state index in [0.717, 1.165) is 5.01 Å². The molecular weight excluding hydrogens is 232 g/mol. The summed E-state index contributed by atoms with van der Waals surface area (Å²) in [6, 6.07) is 0. The van der Waals surface area contributed by atoms with Gasteiger partial charge in [0.2, 0.25) is 0 Å². The van der Waals surface area contributed by atoms with Crippen LogP contribution in [0.15, 0.2) is 6.20 Å². The van der Waals surface area contributed by atoms with Crippen LogP contribution in [-0.2, 0) is 4.79 Å². The van der Waals surface area contributed by atoms with Crippen molar-refractivity contribution in [3.63, 3.8) is 0 Å². The van der Waals surface area contributed by atoms with Gasteiger partial charge in [0.25, 0.3) is 5.91 Å². The normalized spacial score (nSPS) is 12.1. The lowest BCUT2D eigenvalue weighted by atomic mass is 10.2. The topological polar surface area (TPSA) is 99.5 Å². The van der Waals surface area contributed by atoms with Crippen LogP contribution in [0.3, 0.4) is 0 Å². The molecular formula is C9H12N2O4S. The summed E-state index contributed by atoms with van der Waals surface area (Å²) in [4.78, 5) is 26.1. The second-order valence-electron chi connectivity index (χ2n) is 3.14. The Morgan fingerprint density at radius 2 is 2.31 bits per heavy atom. The maximum Gasteiger partial charge on any atom is 0.332 e. The fraction of sp³-hybridized carbons (Fsp3) is 0.444. The third-order valence-electron chi connectivity index (χ3n) is 1.83. The fourth-order valence-corrected chi connectivity index (χ4v) is 1.69.